The summed E-state index contributed by atoms with van der Waals surface area (Å²) in [5.41, 5.74) is 0.287. The van der Waals surface area contributed by atoms with Crippen LogP contribution >= 0.6 is 0 Å². The first-order valence-electron chi connectivity index (χ1n) is 11.5. The minimum absolute atomic E-state index is 0.00811. The van der Waals surface area contributed by atoms with Crippen molar-refractivity contribution in [3.8, 4) is 0 Å². The first-order chi connectivity index (χ1) is 17.2. The Hall–Kier alpha value is -2.58. The highest BCUT2D eigenvalue weighted by Gasteiger charge is 2.59. The average Bonchev–Trinajstić information content (AvgIpc) is 3.14. The normalized spacial score (nSPS) is 40.0. The van der Waals surface area contributed by atoms with E-state index < -0.39 is 85.5 Å². The lowest BCUT2D eigenvalue weighted by Gasteiger charge is -2.43. The molecule has 1 aromatic carbocycles. The van der Waals surface area contributed by atoms with E-state index >= 15 is 0 Å². The van der Waals surface area contributed by atoms with E-state index in [4.69, 9.17) is 23.7 Å². The van der Waals surface area contributed by atoms with E-state index in [1.807, 2.05) is 0 Å². The van der Waals surface area contributed by atoms with E-state index in [0.717, 1.165) is 6.26 Å². The van der Waals surface area contributed by atoms with Gasteiger partial charge in [0.15, 0.2) is 6.29 Å². The molecular weight excluding hydrogens is 480 g/mol. The zero-order chi connectivity index (χ0) is 26.1. The molecule has 198 valence electrons. The molecule has 2 aliphatic heterocycles. The predicted octanol–water partition coefficient (Wildman–Crippen LogP) is -1.32. The number of esters is 2. The SMILES string of the molecule is COC(=O)C1=CO[C@H](O[C@@H]2O[C@H](CO)[C@@H](O)[C@@H](O)[C@H]2O)[C@H]2[C@@H](C)[C@H](OC(=O)c3ccccc3)[C@@H](O)[C@H]12. The number of rotatable bonds is 6. The molecule has 0 bridgehead atoms. The summed E-state index contributed by atoms with van der Waals surface area (Å²) in [4.78, 5) is 25.2. The lowest BCUT2D eigenvalue weighted by molar-refractivity contribution is -0.343. The number of aliphatic hydroxyl groups is 5. The van der Waals surface area contributed by atoms with Gasteiger partial charge in [0.2, 0.25) is 6.29 Å². The van der Waals surface area contributed by atoms with Crippen LogP contribution in [0, 0.1) is 17.8 Å². The summed E-state index contributed by atoms with van der Waals surface area (Å²) < 4.78 is 27.3. The van der Waals surface area contributed by atoms with Crippen LogP contribution in [0.15, 0.2) is 42.2 Å². The van der Waals surface area contributed by atoms with Crippen molar-refractivity contribution >= 4 is 11.9 Å². The number of ether oxygens (including phenoxy) is 5. The van der Waals surface area contributed by atoms with Crippen LogP contribution in [0.5, 0.6) is 0 Å². The molecular formula is C24H30O12. The summed E-state index contributed by atoms with van der Waals surface area (Å²) in [5, 5.41) is 51.1. The molecule has 0 amide bonds. The molecule has 0 aromatic heterocycles. The second kappa shape index (κ2) is 10.8. The number of fused-ring (bicyclic) bond motifs is 1. The lowest BCUT2D eigenvalue weighted by Crippen LogP contribution is -2.60. The molecule has 36 heavy (non-hydrogen) atoms. The van der Waals surface area contributed by atoms with Crippen molar-refractivity contribution in [2.75, 3.05) is 13.7 Å². The molecule has 3 aliphatic rings. The summed E-state index contributed by atoms with van der Waals surface area (Å²) in [7, 11) is 1.17. The Kier molecular flexibility index (Phi) is 7.95. The topological polar surface area (TPSA) is 181 Å². The third kappa shape index (κ3) is 4.73. The fourth-order valence-electron chi connectivity index (χ4n) is 5.09. The van der Waals surface area contributed by atoms with Crippen molar-refractivity contribution < 1.29 is 58.8 Å². The van der Waals surface area contributed by atoms with Gasteiger partial charge >= 0.3 is 11.9 Å². The van der Waals surface area contributed by atoms with Gasteiger partial charge in [-0.1, -0.05) is 25.1 Å². The van der Waals surface area contributed by atoms with Gasteiger partial charge < -0.3 is 49.2 Å². The number of aliphatic hydroxyl groups excluding tert-OH is 5. The van der Waals surface area contributed by atoms with Gasteiger partial charge in [0.05, 0.1) is 37.2 Å². The van der Waals surface area contributed by atoms with Gasteiger partial charge in [-0.3, -0.25) is 0 Å². The quantitative estimate of drug-likeness (QED) is 0.285. The summed E-state index contributed by atoms with van der Waals surface area (Å²) in [6, 6.07) is 8.21. The van der Waals surface area contributed by atoms with E-state index in [0.29, 0.717) is 0 Å². The molecule has 2 fully saturated rings. The van der Waals surface area contributed by atoms with E-state index in [1.165, 1.54) is 7.11 Å². The van der Waals surface area contributed by atoms with Crippen LogP contribution in [0.3, 0.4) is 0 Å². The van der Waals surface area contributed by atoms with E-state index in [-0.39, 0.29) is 11.1 Å². The molecule has 2 heterocycles. The first-order valence-corrected chi connectivity index (χ1v) is 11.5. The molecule has 0 unspecified atom stereocenters. The largest absolute Gasteiger partial charge is 0.472 e. The third-order valence-electron chi connectivity index (χ3n) is 7.04. The molecule has 5 N–H and O–H groups in total. The third-order valence-corrected chi connectivity index (χ3v) is 7.04. The number of methoxy groups -OCH3 is 1. The first kappa shape index (κ1) is 26.5. The Morgan fingerprint density at radius 2 is 1.64 bits per heavy atom. The lowest BCUT2D eigenvalue weighted by atomic mass is 9.82. The summed E-state index contributed by atoms with van der Waals surface area (Å²) >= 11 is 0. The second-order valence-electron chi connectivity index (χ2n) is 9.09. The van der Waals surface area contributed by atoms with Crippen LogP contribution in [0.25, 0.3) is 0 Å². The molecule has 1 aromatic rings. The van der Waals surface area contributed by atoms with E-state index in [9.17, 15) is 35.1 Å². The van der Waals surface area contributed by atoms with Crippen LogP contribution in [-0.4, -0.2) is 100 Å². The number of hydrogen-bond acceptors (Lipinski definition) is 12. The van der Waals surface area contributed by atoms with Crippen molar-refractivity contribution in [1.82, 2.24) is 0 Å². The molecule has 12 nitrogen and oxygen atoms in total. The highest BCUT2D eigenvalue weighted by molar-refractivity contribution is 5.90. The predicted molar refractivity (Wildman–Crippen MR) is 118 cm³/mol. The highest BCUT2D eigenvalue weighted by atomic mass is 16.8. The maximum Gasteiger partial charge on any atom is 0.338 e. The molecule has 1 aliphatic carbocycles. The van der Waals surface area contributed by atoms with Crippen LogP contribution < -0.4 is 0 Å². The van der Waals surface area contributed by atoms with Crippen molar-refractivity contribution in [3.63, 3.8) is 0 Å². The van der Waals surface area contributed by atoms with Crippen LogP contribution in [0.4, 0.5) is 0 Å². The standard InChI is InChI=1S/C24H30O12/c1-10-14-15(17(27)20(10)35-21(30)11-6-4-3-5-7-11)12(22(31)32-2)9-33-23(14)36-24-19(29)18(28)16(26)13(8-25)34-24/h3-7,9-10,13-20,23-29H,8H2,1-2H3/t10-,13-,14+,15-,16-,17+,18-,19-,20+,23-,24+/m1/s1. The Morgan fingerprint density at radius 1 is 0.944 bits per heavy atom. The smallest absolute Gasteiger partial charge is 0.338 e. The molecule has 11 atom stereocenters. The van der Waals surface area contributed by atoms with Crippen LogP contribution in [0.2, 0.25) is 0 Å². The monoisotopic (exact) mass is 510 g/mol. The fourth-order valence-corrected chi connectivity index (χ4v) is 5.09. The van der Waals surface area contributed by atoms with Gasteiger partial charge in [-0.05, 0) is 12.1 Å². The average molecular weight is 510 g/mol. The molecule has 1 saturated carbocycles. The Morgan fingerprint density at radius 3 is 2.28 bits per heavy atom. The van der Waals surface area contributed by atoms with Crippen molar-refractivity contribution in [2.45, 2.75) is 56.1 Å². The summed E-state index contributed by atoms with van der Waals surface area (Å²) in [5.74, 6) is -3.73. The summed E-state index contributed by atoms with van der Waals surface area (Å²) in [6.45, 7) is 1.03. The highest BCUT2D eigenvalue weighted by Crippen LogP contribution is 2.49. The maximum atomic E-state index is 12.7. The Bertz CT molecular complexity index is 965. The van der Waals surface area contributed by atoms with Crippen molar-refractivity contribution in [1.29, 1.82) is 0 Å². The molecule has 12 heteroatoms. The molecule has 1 saturated heterocycles. The molecule has 0 radical (unpaired) electrons. The van der Waals surface area contributed by atoms with Gasteiger partial charge in [-0.25, -0.2) is 9.59 Å². The van der Waals surface area contributed by atoms with Gasteiger partial charge in [0.25, 0.3) is 0 Å². The maximum absolute atomic E-state index is 12.7. The van der Waals surface area contributed by atoms with Crippen molar-refractivity contribution in [2.24, 2.45) is 17.8 Å². The number of carbonyl (C=O) groups is 2. The zero-order valence-corrected chi connectivity index (χ0v) is 19.6. The van der Waals surface area contributed by atoms with Crippen molar-refractivity contribution in [3.05, 3.63) is 47.7 Å². The van der Waals surface area contributed by atoms with E-state index in [1.54, 1.807) is 37.3 Å². The number of benzene rings is 1. The van der Waals surface area contributed by atoms with Crippen LogP contribution in [0.1, 0.15) is 17.3 Å². The molecule has 4 rings (SSSR count). The second-order valence-corrected chi connectivity index (χ2v) is 9.09. The minimum Gasteiger partial charge on any atom is -0.472 e. The minimum atomic E-state index is -1.69. The number of hydrogen-bond donors (Lipinski definition) is 5. The van der Waals surface area contributed by atoms with Gasteiger partial charge in [0, 0.05) is 17.8 Å². The van der Waals surface area contributed by atoms with Gasteiger partial charge in [0.1, 0.15) is 30.5 Å². The summed E-state index contributed by atoms with van der Waals surface area (Å²) in [6.07, 6.45) is -10.2. The zero-order valence-electron chi connectivity index (χ0n) is 19.6. The van der Waals surface area contributed by atoms with Gasteiger partial charge in [-0.2, -0.15) is 0 Å². The van der Waals surface area contributed by atoms with E-state index in [2.05, 4.69) is 0 Å². The van der Waals surface area contributed by atoms with Crippen LogP contribution in [-0.2, 0) is 28.5 Å². The Balaban J connectivity index is 1.60. The molecule has 0 spiro atoms. The van der Waals surface area contributed by atoms with Gasteiger partial charge in [-0.15, -0.1) is 0 Å². The number of carbonyl (C=O) groups excluding carboxylic acids is 2. The fraction of sp³-hybridized carbons (Fsp3) is 0.583. The Labute approximate surface area is 206 Å².